The highest BCUT2D eigenvalue weighted by atomic mass is 79.9. The molecule has 2 aromatic heterocycles. The highest BCUT2D eigenvalue weighted by molar-refractivity contribution is 9.11. The average molecular weight is 650 g/mol. The van der Waals surface area contributed by atoms with Gasteiger partial charge in [0.2, 0.25) is 0 Å². The fourth-order valence-corrected chi connectivity index (χ4v) is 7.89. The van der Waals surface area contributed by atoms with Gasteiger partial charge in [-0.1, -0.05) is 92.5 Å². The maximum Gasteiger partial charge on any atom is 0.0500 e. The number of halogens is 2. The predicted molar refractivity (Wildman–Crippen MR) is 179 cm³/mol. The lowest BCUT2D eigenvalue weighted by Gasteiger charge is -2.15. The molecule has 2 heterocycles. The number of fused-ring (bicyclic) bond motifs is 6. The number of para-hydroxylation sites is 2. The average Bonchev–Trinajstić information content (AvgIpc) is 3.45. The Bertz CT molecular complexity index is 1950. The summed E-state index contributed by atoms with van der Waals surface area (Å²) in [4.78, 5) is 0. The monoisotopic (exact) mass is 648 g/mol. The van der Waals surface area contributed by atoms with Crippen molar-refractivity contribution in [1.29, 1.82) is 0 Å². The predicted octanol–water partition coefficient (Wildman–Crippen LogP) is 11.9. The number of hydrogen-bond acceptors (Lipinski definition) is 0. The van der Waals surface area contributed by atoms with Crippen LogP contribution in [-0.4, -0.2) is 9.13 Å². The third-order valence-corrected chi connectivity index (χ3v) is 9.45. The third kappa shape index (κ3) is 3.88. The maximum atomic E-state index is 3.89. The van der Waals surface area contributed by atoms with Gasteiger partial charge in [-0.3, -0.25) is 0 Å². The number of aromatic nitrogens is 2. The molecule has 0 amide bonds. The molecule has 5 aromatic carbocycles. The molecule has 0 saturated heterocycles. The van der Waals surface area contributed by atoms with Crippen LogP contribution in [0.25, 0.3) is 65.9 Å². The molecule has 0 spiro atoms. The topological polar surface area (TPSA) is 9.86 Å². The number of nitrogens with zero attached hydrogens (tertiary/aromatic N) is 2. The molecule has 0 aliphatic carbocycles. The largest absolute Gasteiger partial charge is 0.338 e. The van der Waals surface area contributed by atoms with Crippen molar-refractivity contribution >= 4 is 75.5 Å². The minimum Gasteiger partial charge on any atom is -0.338 e. The van der Waals surface area contributed by atoms with E-state index in [1.165, 1.54) is 65.9 Å². The molecule has 4 heteroatoms. The smallest absolute Gasteiger partial charge is 0.0500 e. The molecule has 2 nitrogen and oxygen atoms in total. The third-order valence-electron chi connectivity index (χ3n) is 8.13. The number of benzene rings is 5. The molecule has 40 heavy (non-hydrogen) atoms. The van der Waals surface area contributed by atoms with Crippen molar-refractivity contribution in [2.75, 3.05) is 0 Å². The molecule has 0 saturated carbocycles. The molecule has 198 valence electrons. The number of hydrogen-bond donors (Lipinski definition) is 0. The van der Waals surface area contributed by atoms with Crippen LogP contribution in [0.4, 0.5) is 0 Å². The summed E-state index contributed by atoms with van der Waals surface area (Å²) in [5.41, 5.74) is 9.89. The lowest BCUT2D eigenvalue weighted by molar-refractivity contribution is 0.642. The first-order valence-electron chi connectivity index (χ1n) is 13.9. The molecule has 0 radical (unpaired) electrons. The molecule has 0 atom stereocenters. The highest BCUT2D eigenvalue weighted by Crippen LogP contribution is 2.42. The van der Waals surface area contributed by atoms with Gasteiger partial charge in [-0.05, 0) is 86.3 Å². The standard InChI is InChI=1S/C36H30Br2N2/c1-21(2)39-33-11-7-5-9-25(33)27-15-13-23(17-35(27)39)29-19-30(32(38)20-31(29)37)24-14-16-28-26-10-6-8-12-34(26)40(22(3)4)36(28)18-24/h5-22H,1-4H3. The van der Waals surface area contributed by atoms with Gasteiger partial charge in [0, 0.05) is 64.6 Å². The van der Waals surface area contributed by atoms with Crippen LogP contribution < -0.4 is 0 Å². The van der Waals surface area contributed by atoms with Gasteiger partial charge in [0.15, 0.2) is 0 Å². The lowest BCUT2D eigenvalue weighted by atomic mass is 9.97. The summed E-state index contributed by atoms with van der Waals surface area (Å²) in [6.45, 7) is 9.05. The van der Waals surface area contributed by atoms with Crippen LogP contribution in [0.15, 0.2) is 106 Å². The van der Waals surface area contributed by atoms with E-state index in [-0.39, 0.29) is 0 Å². The fourth-order valence-electron chi connectivity index (χ4n) is 6.44. The normalized spacial score (nSPS) is 12.2. The molecule has 7 rings (SSSR count). The zero-order valence-corrected chi connectivity index (χ0v) is 26.2. The summed E-state index contributed by atoms with van der Waals surface area (Å²) in [5.74, 6) is 0. The molecule has 0 N–H and O–H groups in total. The van der Waals surface area contributed by atoms with Crippen LogP contribution in [0.3, 0.4) is 0 Å². The van der Waals surface area contributed by atoms with E-state index in [2.05, 4.69) is 166 Å². The van der Waals surface area contributed by atoms with Crippen LogP contribution in [0.2, 0.25) is 0 Å². The van der Waals surface area contributed by atoms with Crippen molar-refractivity contribution in [3.8, 4) is 22.3 Å². The van der Waals surface area contributed by atoms with E-state index in [0.717, 1.165) is 8.95 Å². The van der Waals surface area contributed by atoms with Crippen molar-refractivity contribution in [2.24, 2.45) is 0 Å². The van der Waals surface area contributed by atoms with Gasteiger partial charge in [-0.2, -0.15) is 0 Å². The summed E-state index contributed by atoms with van der Waals surface area (Å²) < 4.78 is 7.07. The second-order valence-corrected chi connectivity index (χ2v) is 12.9. The van der Waals surface area contributed by atoms with E-state index < -0.39 is 0 Å². The van der Waals surface area contributed by atoms with Crippen molar-refractivity contribution in [2.45, 2.75) is 39.8 Å². The summed E-state index contributed by atoms with van der Waals surface area (Å²) >= 11 is 7.78. The highest BCUT2D eigenvalue weighted by Gasteiger charge is 2.18. The minimum atomic E-state index is 0.362. The first-order chi connectivity index (χ1) is 19.3. The van der Waals surface area contributed by atoms with Gasteiger partial charge in [-0.25, -0.2) is 0 Å². The summed E-state index contributed by atoms with van der Waals surface area (Å²) in [5, 5.41) is 5.21. The Morgan fingerprint density at radius 3 is 1.27 bits per heavy atom. The van der Waals surface area contributed by atoms with E-state index >= 15 is 0 Å². The molecule has 0 unspecified atom stereocenters. The Morgan fingerprint density at radius 1 is 0.450 bits per heavy atom. The first kappa shape index (κ1) is 25.6. The van der Waals surface area contributed by atoms with Gasteiger partial charge in [-0.15, -0.1) is 0 Å². The molecule has 0 aliphatic heterocycles. The first-order valence-corrected chi connectivity index (χ1v) is 15.5. The SMILES string of the molecule is CC(C)n1c2ccccc2c2ccc(-c3cc(-c4ccc5c6ccccc6n(C(C)C)c5c4)c(Br)cc3Br)cc21. The Morgan fingerprint density at radius 2 is 0.850 bits per heavy atom. The Labute approximate surface area is 251 Å². The van der Waals surface area contributed by atoms with E-state index in [4.69, 9.17) is 0 Å². The van der Waals surface area contributed by atoms with Gasteiger partial charge in [0.1, 0.15) is 0 Å². The van der Waals surface area contributed by atoms with Crippen molar-refractivity contribution < 1.29 is 0 Å². The van der Waals surface area contributed by atoms with E-state index in [0.29, 0.717) is 12.1 Å². The van der Waals surface area contributed by atoms with Gasteiger partial charge in [0.25, 0.3) is 0 Å². The van der Waals surface area contributed by atoms with Crippen molar-refractivity contribution in [3.63, 3.8) is 0 Å². The summed E-state index contributed by atoms with van der Waals surface area (Å²) in [6, 6.07) is 36.5. The second kappa shape index (κ2) is 9.64. The van der Waals surface area contributed by atoms with Gasteiger partial charge in [0.05, 0.1) is 0 Å². The van der Waals surface area contributed by atoms with Crippen LogP contribution >= 0.6 is 31.9 Å². The Balaban J connectivity index is 1.43. The molecule has 0 aliphatic rings. The lowest BCUT2D eigenvalue weighted by Crippen LogP contribution is -2.00. The van der Waals surface area contributed by atoms with E-state index in [1.54, 1.807) is 0 Å². The van der Waals surface area contributed by atoms with Crippen LogP contribution in [0, 0.1) is 0 Å². The number of rotatable bonds is 4. The molecule has 7 aromatic rings. The van der Waals surface area contributed by atoms with Gasteiger partial charge >= 0.3 is 0 Å². The molecule has 0 fully saturated rings. The molecular weight excluding hydrogens is 620 g/mol. The molecular formula is C36H30Br2N2. The summed E-state index contributed by atoms with van der Waals surface area (Å²) in [6.07, 6.45) is 0. The van der Waals surface area contributed by atoms with Crippen LogP contribution in [0.5, 0.6) is 0 Å². The van der Waals surface area contributed by atoms with Gasteiger partial charge < -0.3 is 9.13 Å². The fraction of sp³-hybridized carbons (Fsp3) is 0.167. The van der Waals surface area contributed by atoms with Crippen LogP contribution in [-0.2, 0) is 0 Å². The Kier molecular flexibility index (Phi) is 6.17. The minimum absolute atomic E-state index is 0.362. The zero-order valence-electron chi connectivity index (χ0n) is 23.0. The molecule has 0 bridgehead atoms. The summed E-state index contributed by atoms with van der Waals surface area (Å²) in [7, 11) is 0. The van der Waals surface area contributed by atoms with Crippen molar-refractivity contribution in [1.82, 2.24) is 9.13 Å². The van der Waals surface area contributed by atoms with Crippen molar-refractivity contribution in [3.05, 3.63) is 106 Å². The van der Waals surface area contributed by atoms with E-state index in [1.807, 2.05) is 0 Å². The van der Waals surface area contributed by atoms with Crippen LogP contribution in [0.1, 0.15) is 39.8 Å². The quantitative estimate of drug-likeness (QED) is 0.179. The maximum absolute atomic E-state index is 3.89. The second-order valence-electron chi connectivity index (χ2n) is 11.2. The zero-order chi connectivity index (χ0) is 27.7. The Hall–Kier alpha value is -3.34. The van der Waals surface area contributed by atoms with E-state index in [9.17, 15) is 0 Å².